The number of carbonyl (C=O) groups excluding carboxylic acids is 2. The molecule has 0 saturated carbocycles. The van der Waals surface area contributed by atoms with Gasteiger partial charge >= 0.3 is 0 Å². The molecule has 0 aromatic heterocycles. The minimum Gasteiger partial charge on any atom is -0.292 e. The van der Waals surface area contributed by atoms with Crippen LogP contribution in [0.1, 0.15) is 49.4 Å². The number of unbranched alkanes of at least 4 members (excludes halogenated alkanes) is 3. The zero-order valence-corrected chi connectivity index (χ0v) is 11.4. The number of nitrogens with one attached hydrogen (secondary N) is 1. The van der Waals surface area contributed by atoms with Crippen molar-refractivity contribution in [3.05, 3.63) is 39.9 Å². The Kier molecular flexibility index (Phi) is 6.36. The van der Waals surface area contributed by atoms with Crippen molar-refractivity contribution in [1.82, 2.24) is 5.32 Å². The van der Waals surface area contributed by atoms with Gasteiger partial charge in [-0.25, -0.2) is 0 Å². The van der Waals surface area contributed by atoms with Crippen molar-refractivity contribution >= 4 is 17.5 Å². The van der Waals surface area contributed by atoms with Gasteiger partial charge in [0.25, 0.3) is 11.6 Å². The molecule has 1 rings (SSSR count). The number of nitrogens with zero attached hydrogens (tertiary/aromatic N) is 1. The molecule has 0 heterocycles. The molecule has 2 amide bonds. The maximum Gasteiger partial charge on any atom is 0.269 e. The maximum absolute atomic E-state index is 11.7. The smallest absolute Gasteiger partial charge is 0.269 e. The van der Waals surface area contributed by atoms with E-state index in [1.165, 1.54) is 24.3 Å². The summed E-state index contributed by atoms with van der Waals surface area (Å²) in [4.78, 5) is 33.2. The van der Waals surface area contributed by atoms with Gasteiger partial charge in [-0.05, 0) is 18.6 Å². The highest BCUT2D eigenvalue weighted by Crippen LogP contribution is 2.11. The van der Waals surface area contributed by atoms with E-state index in [2.05, 4.69) is 12.2 Å². The van der Waals surface area contributed by atoms with Crippen LogP contribution in [-0.2, 0) is 4.79 Å². The minimum absolute atomic E-state index is 0.0903. The number of non-ortho nitro benzene ring substituents is 1. The van der Waals surface area contributed by atoms with E-state index in [4.69, 9.17) is 0 Å². The third kappa shape index (κ3) is 5.17. The third-order valence-corrected chi connectivity index (χ3v) is 2.85. The number of imide groups is 1. The fourth-order valence-corrected chi connectivity index (χ4v) is 1.71. The van der Waals surface area contributed by atoms with E-state index in [1.807, 2.05) is 0 Å². The van der Waals surface area contributed by atoms with Crippen LogP contribution < -0.4 is 5.32 Å². The molecule has 0 atom stereocenters. The molecule has 0 aliphatic rings. The van der Waals surface area contributed by atoms with Crippen molar-refractivity contribution in [2.24, 2.45) is 0 Å². The number of carbonyl (C=O) groups is 2. The van der Waals surface area contributed by atoms with E-state index in [9.17, 15) is 19.7 Å². The van der Waals surface area contributed by atoms with Gasteiger partial charge in [0.1, 0.15) is 0 Å². The molecule has 6 heteroatoms. The molecule has 1 aromatic rings. The summed E-state index contributed by atoms with van der Waals surface area (Å²) in [7, 11) is 0. The van der Waals surface area contributed by atoms with Gasteiger partial charge in [0, 0.05) is 24.1 Å². The molecule has 0 aliphatic heterocycles. The lowest BCUT2D eigenvalue weighted by atomic mass is 10.1. The minimum atomic E-state index is -0.541. The summed E-state index contributed by atoms with van der Waals surface area (Å²) in [6, 6.07) is 5.14. The molecular weight excluding hydrogens is 260 g/mol. The molecule has 0 radical (unpaired) electrons. The van der Waals surface area contributed by atoms with Crippen molar-refractivity contribution in [2.75, 3.05) is 0 Å². The number of nitro groups is 1. The van der Waals surface area contributed by atoms with Gasteiger partial charge in [0.15, 0.2) is 0 Å². The highest BCUT2D eigenvalue weighted by Gasteiger charge is 2.12. The Morgan fingerprint density at radius 3 is 2.35 bits per heavy atom. The second-order valence-corrected chi connectivity index (χ2v) is 4.49. The Morgan fingerprint density at radius 2 is 1.80 bits per heavy atom. The fourth-order valence-electron chi connectivity index (χ4n) is 1.71. The highest BCUT2D eigenvalue weighted by molar-refractivity contribution is 6.04. The maximum atomic E-state index is 11.7. The van der Waals surface area contributed by atoms with Gasteiger partial charge in [-0.15, -0.1) is 0 Å². The van der Waals surface area contributed by atoms with Crippen LogP contribution >= 0.6 is 0 Å². The van der Waals surface area contributed by atoms with Gasteiger partial charge in [-0.3, -0.25) is 25.0 Å². The Bertz CT molecular complexity index is 482. The fraction of sp³-hybridized carbons (Fsp3) is 0.429. The predicted octanol–water partition coefficient (Wildman–Crippen LogP) is 2.82. The van der Waals surface area contributed by atoms with Gasteiger partial charge < -0.3 is 0 Å². The monoisotopic (exact) mass is 278 g/mol. The Morgan fingerprint density at radius 1 is 1.15 bits per heavy atom. The quantitative estimate of drug-likeness (QED) is 0.472. The zero-order valence-electron chi connectivity index (χ0n) is 11.4. The molecule has 0 spiro atoms. The summed E-state index contributed by atoms with van der Waals surface area (Å²) < 4.78 is 0. The number of rotatable bonds is 7. The van der Waals surface area contributed by atoms with E-state index in [-0.39, 0.29) is 17.2 Å². The van der Waals surface area contributed by atoms with Crippen LogP contribution in [0.5, 0.6) is 0 Å². The van der Waals surface area contributed by atoms with E-state index < -0.39 is 10.8 Å². The number of amides is 2. The van der Waals surface area contributed by atoms with Crippen LogP contribution in [0.3, 0.4) is 0 Å². The van der Waals surface area contributed by atoms with Crippen LogP contribution in [0, 0.1) is 10.1 Å². The van der Waals surface area contributed by atoms with Crippen molar-refractivity contribution in [3.8, 4) is 0 Å². The lowest BCUT2D eigenvalue weighted by Gasteiger charge is -2.04. The average molecular weight is 278 g/mol. The van der Waals surface area contributed by atoms with Gasteiger partial charge in [-0.2, -0.15) is 0 Å². The van der Waals surface area contributed by atoms with Gasteiger partial charge in [0.05, 0.1) is 4.92 Å². The van der Waals surface area contributed by atoms with E-state index in [0.717, 1.165) is 25.7 Å². The standard InChI is InChI=1S/C14H18N2O4/c1-2-3-4-5-6-13(17)15-14(18)11-7-9-12(10-8-11)16(19)20/h7-10H,2-6H2,1H3,(H,15,17,18). The van der Waals surface area contributed by atoms with Crippen LogP contribution in [0.4, 0.5) is 5.69 Å². The molecular formula is C14H18N2O4. The number of hydrogen-bond donors (Lipinski definition) is 1. The normalized spacial score (nSPS) is 10.1. The first-order valence-corrected chi connectivity index (χ1v) is 6.63. The lowest BCUT2D eigenvalue weighted by Crippen LogP contribution is -2.30. The van der Waals surface area contributed by atoms with E-state index in [0.29, 0.717) is 6.42 Å². The van der Waals surface area contributed by atoms with Gasteiger partial charge in [0.2, 0.25) is 5.91 Å². The zero-order chi connectivity index (χ0) is 15.0. The molecule has 1 aromatic carbocycles. The van der Waals surface area contributed by atoms with Gasteiger partial charge in [-0.1, -0.05) is 26.2 Å². The van der Waals surface area contributed by atoms with Crippen LogP contribution in [0.25, 0.3) is 0 Å². The number of nitro benzene ring substituents is 1. The first-order chi connectivity index (χ1) is 9.54. The molecule has 0 bridgehead atoms. The second kappa shape index (κ2) is 8.04. The summed E-state index contributed by atoms with van der Waals surface area (Å²) >= 11 is 0. The molecule has 0 aliphatic carbocycles. The lowest BCUT2D eigenvalue weighted by molar-refractivity contribution is -0.384. The van der Waals surface area contributed by atoms with E-state index in [1.54, 1.807) is 0 Å². The average Bonchev–Trinajstić information content (AvgIpc) is 2.43. The van der Waals surface area contributed by atoms with Crippen LogP contribution in [0.15, 0.2) is 24.3 Å². The molecule has 108 valence electrons. The van der Waals surface area contributed by atoms with Crippen LogP contribution in [0.2, 0.25) is 0 Å². The molecule has 0 saturated heterocycles. The second-order valence-electron chi connectivity index (χ2n) is 4.49. The topological polar surface area (TPSA) is 89.3 Å². The number of hydrogen-bond acceptors (Lipinski definition) is 4. The Hall–Kier alpha value is -2.24. The van der Waals surface area contributed by atoms with Crippen molar-refractivity contribution in [1.29, 1.82) is 0 Å². The van der Waals surface area contributed by atoms with E-state index >= 15 is 0 Å². The largest absolute Gasteiger partial charge is 0.292 e. The molecule has 20 heavy (non-hydrogen) atoms. The first-order valence-electron chi connectivity index (χ1n) is 6.63. The number of benzene rings is 1. The third-order valence-electron chi connectivity index (χ3n) is 2.85. The summed E-state index contributed by atoms with van der Waals surface area (Å²) in [5.74, 6) is -0.843. The highest BCUT2D eigenvalue weighted by atomic mass is 16.6. The summed E-state index contributed by atoms with van der Waals surface area (Å²) in [5.41, 5.74) is 0.143. The van der Waals surface area contributed by atoms with Crippen molar-refractivity contribution < 1.29 is 14.5 Å². The molecule has 6 nitrogen and oxygen atoms in total. The molecule has 1 N–H and O–H groups in total. The summed E-state index contributed by atoms with van der Waals surface area (Å²) in [5, 5.41) is 12.8. The predicted molar refractivity (Wildman–Crippen MR) is 74.3 cm³/mol. The van der Waals surface area contributed by atoms with Crippen LogP contribution in [-0.4, -0.2) is 16.7 Å². The Balaban J connectivity index is 2.45. The molecule has 0 fully saturated rings. The summed E-state index contributed by atoms with van der Waals surface area (Å²) in [6.45, 7) is 2.08. The summed E-state index contributed by atoms with van der Waals surface area (Å²) in [6.07, 6.45) is 4.20. The first kappa shape index (κ1) is 15.8. The van der Waals surface area contributed by atoms with Crippen molar-refractivity contribution in [2.45, 2.75) is 39.0 Å². The molecule has 0 unspecified atom stereocenters. The SMILES string of the molecule is CCCCCCC(=O)NC(=O)c1ccc([N+](=O)[O-])cc1. The Labute approximate surface area is 117 Å². The van der Waals surface area contributed by atoms with Crippen molar-refractivity contribution in [3.63, 3.8) is 0 Å².